The molecule has 0 amide bonds. The van der Waals surface area contributed by atoms with Crippen LogP contribution in [0, 0.1) is 0 Å². The Morgan fingerprint density at radius 3 is 0.811 bits per heavy atom. The molecule has 0 aliphatic carbocycles. The van der Waals surface area contributed by atoms with Crippen LogP contribution in [-0.4, -0.2) is 96.7 Å². The molecule has 0 fully saturated rings. The molecule has 0 rings (SSSR count). The lowest BCUT2D eigenvalue weighted by Crippen LogP contribution is -2.30. The Bertz CT molecular complexity index is 2680. The van der Waals surface area contributed by atoms with Crippen LogP contribution in [0.1, 0.15) is 297 Å². The number of phosphoric acid groups is 2. The summed E-state index contributed by atoms with van der Waals surface area (Å²) < 4.78 is 68.6. The summed E-state index contributed by atoms with van der Waals surface area (Å²) in [5.41, 5.74) is 0. The quantitative estimate of drug-likeness (QED) is 0.0169. The van der Waals surface area contributed by atoms with Gasteiger partial charge >= 0.3 is 39.5 Å². The first-order valence-electron chi connectivity index (χ1n) is 40.4. The van der Waals surface area contributed by atoms with Crippen LogP contribution in [0.2, 0.25) is 0 Å². The highest BCUT2D eigenvalue weighted by molar-refractivity contribution is 7.47. The van der Waals surface area contributed by atoms with E-state index >= 15 is 0 Å². The molecule has 0 bridgehead atoms. The fourth-order valence-electron chi connectivity index (χ4n) is 10.1. The first-order chi connectivity index (χ1) is 51.7. The third-order valence-corrected chi connectivity index (χ3v) is 18.1. The van der Waals surface area contributed by atoms with Crippen LogP contribution < -0.4 is 0 Å². The van der Waals surface area contributed by atoms with E-state index in [0.29, 0.717) is 32.1 Å². The van der Waals surface area contributed by atoms with Crippen molar-refractivity contribution >= 4 is 39.5 Å². The van der Waals surface area contributed by atoms with E-state index in [1.807, 2.05) is 12.2 Å². The number of unbranched alkanes of at least 4 members (excludes halogenated alkanes) is 20. The SMILES string of the molecule is CC/C=C\C/C=C\C/C=C\C/C=C\C/C=C\CCCCCC(=O)OCC(COP(=O)(O)OCC(O)COP(=O)(O)OCC(COC(=O)CCCCCCC/C=C\C/C=C\C/C=C\CC)OC(=O)CCCCCCC/C=C\CCCCCCCC)OC(=O)CCC/C=C\C/C=C\C/C=C\C/C=C\C/C=C\CC. The number of carbonyl (C=O) groups is 4. The number of hydrogen-bond acceptors (Lipinski definition) is 15. The molecule has 0 radical (unpaired) electrons. The fraction of sp³-hybridized carbons (Fsp3) is 0.632. The van der Waals surface area contributed by atoms with E-state index in [1.165, 1.54) is 38.5 Å². The highest BCUT2D eigenvalue weighted by atomic mass is 31.2. The summed E-state index contributed by atoms with van der Waals surface area (Å²) in [6.07, 6.45) is 91.9. The fourth-order valence-corrected chi connectivity index (χ4v) is 11.7. The van der Waals surface area contributed by atoms with E-state index in [1.54, 1.807) is 0 Å². The number of aliphatic hydroxyl groups excluding tert-OH is 1. The second kappa shape index (κ2) is 77.6. The maximum Gasteiger partial charge on any atom is 0.472 e. The van der Waals surface area contributed by atoms with Crippen molar-refractivity contribution in [3.63, 3.8) is 0 Å². The molecule has 0 saturated heterocycles. The van der Waals surface area contributed by atoms with Crippen molar-refractivity contribution in [2.75, 3.05) is 39.6 Å². The summed E-state index contributed by atoms with van der Waals surface area (Å²) in [5, 5.41) is 10.6. The molecule has 3 N–H and O–H groups in total. The number of allylic oxidation sites excluding steroid dienone is 28. The van der Waals surface area contributed by atoms with Crippen LogP contribution in [0.4, 0.5) is 0 Å². The second-order valence-corrected chi connectivity index (χ2v) is 29.1. The average Bonchev–Trinajstić information content (AvgIpc) is 0.902. The molecular formula is C87H142O17P2. The highest BCUT2D eigenvalue weighted by Crippen LogP contribution is 2.45. The molecule has 5 unspecified atom stereocenters. The molecular weight excluding hydrogens is 1380 g/mol. The van der Waals surface area contributed by atoms with Crippen molar-refractivity contribution in [2.45, 2.75) is 316 Å². The van der Waals surface area contributed by atoms with Gasteiger partial charge in [0.15, 0.2) is 12.2 Å². The van der Waals surface area contributed by atoms with Crippen LogP contribution in [0.5, 0.6) is 0 Å². The molecule has 19 heteroatoms. The summed E-state index contributed by atoms with van der Waals surface area (Å²) in [6, 6.07) is 0. The Morgan fingerprint density at radius 1 is 0.274 bits per heavy atom. The summed E-state index contributed by atoms with van der Waals surface area (Å²) in [7, 11) is -10.0. The molecule has 602 valence electrons. The number of ether oxygens (including phenoxy) is 4. The van der Waals surface area contributed by atoms with Gasteiger partial charge in [-0.2, -0.15) is 0 Å². The Hall–Kier alpha value is -5.58. The van der Waals surface area contributed by atoms with Gasteiger partial charge in [-0.3, -0.25) is 37.3 Å². The molecule has 0 saturated carbocycles. The number of carbonyl (C=O) groups excluding carboxylic acids is 4. The average molecular weight is 1520 g/mol. The zero-order chi connectivity index (χ0) is 77.4. The highest BCUT2D eigenvalue weighted by Gasteiger charge is 2.30. The van der Waals surface area contributed by atoms with Crippen molar-refractivity contribution in [1.29, 1.82) is 0 Å². The van der Waals surface area contributed by atoms with Crippen LogP contribution >= 0.6 is 15.6 Å². The lowest BCUT2D eigenvalue weighted by Gasteiger charge is -2.21. The molecule has 0 aromatic rings. The summed E-state index contributed by atoms with van der Waals surface area (Å²) in [6.45, 7) is 4.39. The molecule has 0 heterocycles. The second-order valence-electron chi connectivity index (χ2n) is 26.2. The van der Waals surface area contributed by atoms with E-state index in [4.69, 9.17) is 37.0 Å². The van der Waals surface area contributed by atoms with Gasteiger partial charge in [0, 0.05) is 25.7 Å². The zero-order valence-corrected chi connectivity index (χ0v) is 67.6. The summed E-state index contributed by atoms with van der Waals surface area (Å²) in [5.74, 6) is -2.32. The van der Waals surface area contributed by atoms with Crippen molar-refractivity contribution in [2.24, 2.45) is 0 Å². The summed E-state index contributed by atoms with van der Waals surface area (Å²) in [4.78, 5) is 73.1. The minimum atomic E-state index is -5.01. The summed E-state index contributed by atoms with van der Waals surface area (Å²) >= 11 is 0. The molecule has 5 atom stereocenters. The Kier molecular flexibility index (Phi) is 73.5. The largest absolute Gasteiger partial charge is 0.472 e. The Labute approximate surface area is 642 Å². The lowest BCUT2D eigenvalue weighted by atomic mass is 10.1. The molecule has 0 aromatic heterocycles. The van der Waals surface area contributed by atoms with Gasteiger partial charge in [-0.05, 0) is 167 Å². The van der Waals surface area contributed by atoms with Crippen LogP contribution in [0.3, 0.4) is 0 Å². The Morgan fingerprint density at radius 2 is 0.500 bits per heavy atom. The predicted octanol–water partition coefficient (Wildman–Crippen LogP) is 23.8. The number of rotatable bonds is 74. The van der Waals surface area contributed by atoms with Gasteiger partial charge in [-0.1, -0.05) is 275 Å². The van der Waals surface area contributed by atoms with E-state index in [9.17, 15) is 43.2 Å². The maximum atomic E-state index is 13.1. The smallest absolute Gasteiger partial charge is 0.462 e. The number of esters is 4. The zero-order valence-electron chi connectivity index (χ0n) is 65.8. The minimum Gasteiger partial charge on any atom is -0.462 e. The first-order valence-corrected chi connectivity index (χ1v) is 43.4. The van der Waals surface area contributed by atoms with Gasteiger partial charge in [-0.15, -0.1) is 0 Å². The van der Waals surface area contributed by atoms with E-state index in [-0.39, 0.29) is 25.7 Å². The van der Waals surface area contributed by atoms with Gasteiger partial charge in [0.05, 0.1) is 26.4 Å². The van der Waals surface area contributed by atoms with Crippen molar-refractivity contribution in [3.05, 3.63) is 170 Å². The van der Waals surface area contributed by atoms with Crippen molar-refractivity contribution < 1.29 is 80.2 Å². The topological polar surface area (TPSA) is 237 Å². The normalized spacial score (nSPS) is 14.7. The number of hydrogen-bond donors (Lipinski definition) is 3. The molecule has 0 aliphatic heterocycles. The van der Waals surface area contributed by atoms with Crippen LogP contribution in [-0.2, 0) is 65.4 Å². The minimum absolute atomic E-state index is 0.00224. The van der Waals surface area contributed by atoms with Crippen LogP contribution in [0.15, 0.2) is 170 Å². The molecule has 17 nitrogen and oxygen atoms in total. The van der Waals surface area contributed by atoms with Gasteiger partial charge in [0.25, 0.3) is 0 Å². The van der Waals surface area contributed by atoms with Crippen LogP contribution in [0.25, 0.3) is 0 Å². The monoisotopic (exact) mass is 1520 g/mol. The third-order valence-electron chi connectivity index (χ3n) is 16.2. The van der Waals surface area contributed by atoms with Gasteiger partial charge in [-0.25, -0.2) is 9.13 Å². The molecule has 0 aromatic carbocycles. The van der Waals surface area contributed by atoms with E-state index in [0.717, 1.165) is 173 Å². The molecule has 0 aliphatic rings. The van der Waals surface area contributed by atoms with Crippen molar-refractivity contribution in [3.8, 4) is 0 Å². The lowest BCUT2D eigenvalue weighted by molar-refractivity contribution is -0.161. The van der Waals surface area contributed by atoms with E-state index in [2.05, 4.69) is 186 Å². The standard InChI is InChI=1S/C87H142O17P2/c1-5-9-13-17-21-25-29-33-37-39-40-42-45-48-52-56-60-64-68-72-85(90)98-78-83(104-87(92)74-70-66-62-58-54-50-46-41-38-34-30-26-22-18-14-10-6-2)80-102-106(95,96)100-76-81(88)75-99-105(93,94)101-79-82(103-86(91)73-69-65-61-57-53-49-44-36-32-28-24-20-16-12-8-4)77-97-84(89)71-67-63-59-55-51-47-43-35-31-27-23-19-15-11-7-3/h9-11,13-15,21-23,25-27,33-38,40,42-44,46,48,50,52,58,62,81-83,88H,5-8,12,16-20,24,28-32,39,41,45,47,49,51,53-57,59-61,63-80H2,1-4H3,(H,93,94)(H,95,96)/b13-9-,14-10-,15-11-,25-21-,26-22-,27-23-,37-33-,38-34-,42-40-,43-35-,44-36-,50-46-,52-48-,62-58-. The number of aliphatic hydroxyl groups is 1. The van der Waals surface area contributed by atoms with Gasteiger partial charge in [0.2, 0.25) is 0 Å². The Balaban J connectivity index is 5.49. The maximum absolute atomic E-state index is 13.1. The third kappa shape index (κ3) is 76.6. The number of phosphoric ester groups is 2. The first kappa shape index (κ1) is 100. The van der Waals surface area contributed by atoms with Crippen molar-refractivity contribution in [1.82, 2.24) is 0 Å². The van der Waals surface area contributed by atoms with E-state index < -0.39 is 97.5 Å². The van der Waals surface area contributed by atoms with Gasteiger partial charge in [0.1, 0.15) is 19.3 Å². The molecule has 106 heavy (non-hydrogen) atoms. The molecule has 0 spiro atoms. The van der Waals surface area contributed by atoms with Gasteiger partial charge < -0.3 is 33.8 Å². The predicted molar refractivity (Wildman–Crippen MR) is 436 cm³/mol.